The largest absolute Gasteiger partial charge is 0.496 e. The van der Waals surface area contributed by atoms with Crippen LogP contribution in [0.2, 0.25) is 0 Å². The number of aryl methyl sites for hydroxylation is 2. The van der Waals surface area contributed by atoms with Crippen LogP contribution in [0.25, 0.3) is 0 Å². The predicted octanol–water partition coefficient (Wildman–Crippen LogP) is 4.70. The number of thiophene rings is 1. The zero-order chi connectivity index (χ0) is 12.4. The Bertz CT molecular complexity index is 519. The molecule has 0 saturated heterocycles. The highest BCUT2D eigenvalue weighted by atomic mass is 35.5. The topological polar surface area (TPSA) is 9.23 Å². The quantitative estimate of drug-likeness (QED) is 0.732. The van der Waals surface area contributed by atoms with Gasteiger partial charge in [-0.3, -0.25) is 0 Å². The first-order valence-corrected chi connectivity index (χ1v) is 6.77. The lowest BCUT2D eigenvalue weighted by atomic mass is 10.0. The molecule has 1 unspecified atom stereocenters. The molecule has 0 aliphatic carbocycles. The molecule has 1 aromatic heterocycles. The minimum Gasteiger partial charge on any atom is -0.496 e. The van der Waals surface area contributed by atoms with E-state index in [1.165, 1.54) is 16.7 Å². The first-order valence-electron chi connectivity index (χ1n) is 5.45. The molecule has 0 amide bonds. The molecule has 0 radical (unpaired) electrons. The summed E-state index contributed by atoms with van der Waals surface area (Å²) in [5.74, 6) is 0.875. The second kappa shape index (κ2) is 5.11. The van der Waals surface area contributed by atoms with Crippen molar-refractivity contribution in [2.45, 2.75) is 19.2 Å². The van der Waals surface area contributed by atoms with Crippen LogP contribution < -0.4 is 4.74 Å². The van der Waals surface area contributed by atoms with Gasteiger partial charge in [0, 0.05) is 10.3 Å². The Morgan fingerprint density at radius 2 is 2.00 bits per heavy atom. The third-order valence-electron chi connectivity index (χ3n) is 2.78. The van der Waals surface area contributed by atoms with Crippen LogP contribution >= 0.6 is 22.9 Å². The van der Waals surface area contributed by atoms with Gasteiger partial charge in [0.05, 0.1) is 12.5 Å². The summed E-state index contributed by atoms with van der Waals surface area (Å²) in [5.41, 5.74) is 3.66. The number of benzene rings is 1. The van der Waals surface area contributed by atoms with E-state index < -0.39 is 0 Å². The zero-order valence-corrected chi connectivity index (χ0v) is 11.7. The van der Waals surface area contributed by atoms with Crippen molar-refractivity contribution in [1.29, 1.82) is 0 Å². The third-order valence-corrected chi connectivity index (χ3v) is 4.35. The van der Waals surface area contributed by atoms with E-state index in [4.69, 9.17) is 16.3 Å². The Morgan fingerprint density at radius 3 is 2.59 bits per heavy atom. The molecule has 1 nitrogen and oxygen atoms in total. The SMILES string of the molecule is COc1csc(C(Cl)c2ccc(C)cc2C)c1. The number of alkyl halides is 1. The van der Waals surface area contributed by atoms with Gasteiger partial charge in [-0.2, -0.15) is 0 Å². The van der Waals surface area contributed by atoms with Gasteiger partial charge in [-0.15, -0.1) is 22.9 Å². The molecule has 17 heavy (non-hydrogen) atoms. The Labute approximate surface area is 111 Å². The Balaban J connectivity index is 2.33. The van der Waals surface area contributed by atoms with Gasteiger partial charge in [-0.25, -0.2) is 0 Å². The summed E-state index contributed by atoms with van der Waals surface area (Å²) < 4.78 is 5.18. The summed E-state index contributed by atoms with van der Waals surface area (Å²) in [6.07, 6.45) is 0. The van der Waals surface area contributed by atoms with Gasteiger partial charge in [-0.05, 0) is 31.0 Å². The Morgan fingerprint density at radius 1 is 1.24 bits per heavy atom. The maximum absolute atomic E-state index is 6.51. The molecule has 0 aliphatic rings. The molecule has 0 spiro atoms. The van der Waals surface area contributed by atoms with Crippen molar-refractivity contribution in [3.8, 4) is 5.75 Å². The van der Waals surface area contributed by atoms with Gasteiger partial charge in [0.25, 0.3) is 0 Å². The molecule has 2 rings (SSSR count). The van der Waals surface area contributed by atoms with Crippen molar-refractivity contribution in [2.24, 2.45) is 0 Å². The molecule has 1 atom stereocenters. The van der Waals surface area contributed by atoms with E-state index in [0.29, 0.717) is 0 Å². The Kier molecular flexibility index (Phi) is 3.75. The highest BCUT2D eigenvalue weighted by Crippen LogP contribution is 2.36. The van der Waals surface area contributed by atoms with E-state index >= 15 is 0 Å². The van der Waals surface area contributed by atoms with E-state index in [-0.39, 0.29) is 5.38 Å². The average Bonchev–Trinajstić information content (AvgIpc) is 2.76. The molecule has 0 bridgehead atoms. The molecule has 0 saturated carbocycles. The van der Waals surface area contributed by atoms with E-state index in [9.17, 15) is 0 Å². The molecular formula is C14H15ClOS. The minimum atomic E-state index is -0.0931. The second-order valence-electron chi connectivity index (χ2n) is 4.11. The lowest BCUT2D eigenvalue weighted by Gasteiger charge is -2.11. The number of hydrogen-bond acceptors (Lipinski definition) is 2. The van der Waals surface area contributed by atoms with E-state index in [0.717, 1.165) is 10.6 Å². The van der Waals surface area contributed by atoms with Gasteiger partial charge in [0.15, 0.2) is 0 Å². The van der Waals surface area contributed by atoms with Crippen molar-refractivity contribution in [2.75, 3.05) is 7.11 Å². The Hall–Kier alpha value is -0.990. The summed E-state index contributed by atoms with van der Waals surface area (Å²) in [6.45, 7) is 4.19. The molecule has 0 aliphatic heterocycles. The normalized spacial score (nSPS) is 12.5. The van der Waals surface area contributed by atoms with E-state index in [2.05, 4.69) is 32.0 Å². The number of ether oxygens (including phenoxy) is 1. The van der Waals surface area contributed by atoms with Crippen molar-refractivity contribution in [1.82, 2.24) is 0 Å². The smallest absolute Gasteiger partial charge is 0.129 e. The van der Waals surface area contributed by atoms with Crippen LogP contribution in [0.5, 0.6) is 5.75 Å². The molecule has 1 aromatic carbocycles. The molecule has 0 N–H and O–H groups in total. The summed E-state index contributed by atoms with van der Waals surface area (Å²) in [5, 5.41) is 1.89. The van der Waals surface area contributed by atoms with Gasteiger partial charge >= 0.3 is 0 Å². The number of halogens is 1. The average molecular weight is 267 g/mol. The molecule has 3 heteroatoms. The first kappa shape index (κ1) is 12.5. The van der Waals surface area contributed by atoms with Crippen LogP contribution in [0, 0.1) is 13.8 Å². The molecule has 90 valence electrons. The van der Waals surface area contributed by atoms with Crippen LogP contribution in [0.15, 0.2) is 29.6 Å². The first-order chi connectivity index (χ1) is 8.11. The highest BCUT2D eigenvalue weighted by Gasteiger charge is 2.15. The summed E-state index contributed by atoms with van der Waals surface area (Å²) in [6, 6.07) is 8.37. The summed E-state index contributed by atoms with van der Waals surface area (Å²) in [4.78, 5) is 1.12. The van der Waals surface area contributed by atoms with Crippen LogP contribution in [-0.2, 0) is 0 Å². The van der Waals surface area contributed by atoms with Gasteiger partial charge in [0.1, 0.15) is 5.75 Å². The minimum absolute atomic E-state index is 0.0931. The fraction of sp³-hybridized carbons (Fsp3) is 0.286. The monoisotopic (exact) mass is 266 g/mol. The van der Waals surface area contributed by atoms with Crippen molar-refractivity contribution >= 4 is 22.9 Å². The van der Waals surface area contributed by atoms with Crippen molar-refractivity contribution in [3.05, 3.63) is 51.2 Å². The molecular weight excluding hydrogens is 252 g/mol. The number of methoxy groups -OCH3 is 1. The maximum Gasteiger partial charge on any atom is 0.129 e. The van der Waals surface area contributed by atoms with Crippen LogP contribution in [0.1, 0.15) is 26.9 Å². The number of rotatable bonds is 3. The highest BCUT2D eigenvalue weighted by molar-refractivity contribution is 7.10. The fourth-order valence-electron chi connectivity index (χ4n) is 1.84. The fourth-order valence-corrected chi connectivity index (χ4v) is 3.15. The predicted molar refractivity (Wildman–Crippen MR) is 74.5 cm³/mol. The van der Waals surface area contributed by atoms with Crippen LogP contribution in [-0.4, -0.2) is 7.11 Å². The van der Waals surface area contributed by atoms with Crippen molar-refractivity contribution < 1.29 is 4.74 Å². The zero-order valence-electron chi connectivity index (χ0n) is 10.2. The molecule has 0 fully saturated rings. The van der Waals surface area contributed by atoms with E-state index in [1.54, 1.807) is 18.4 Å². The lowest BCUT2D eigenvalue weighted by Crippen LogP contribution is -1.94. The van der Waals surface area contributed by atoms with Gasteiger partial charge in [-0.1, -0.05) is 23.8 Å². The van der Waals surface area contributed by atoms with E-state index in [1.807, 2.05) is 11.4 Å². The van der Waals surface area contributed by atoms with Crippen molar-refractivity contribution in [3.63, 3.8) is 0 Å². The van der Waals surface area contributed by atoms with Crippen LogP contribution in [0.4, 0.5) is 0 Å². The summed E-state index contributed by atoms with van der Waals surface area (Å²) in [7, 11) is 1.67. The number of hydrogen-bond donors (Lipinski definition) is 0. The molecule has 1 heterocycles. The van der Waals surface area contributed by atoms with Crippen LogP contribution in [0.3, 0.4) is 0 Å². The molecule has 2 aromatic rings. The van der Waals surface area contributed by atoms with Gasteiger partial charge < -0.3 is 4.74 Å². The lowest BCUT2D eigenvalue weighted by molar-refractivity contribution is 0.416. The maximum atomic E-state index is 6.51. The third kappa shape index (κ3) is 2.64. The standard InChI is InChI=1S/C14H15ClOS/c1-9-4-5-12(10(2)6-9)14(15)13-7-11(16-3)8-17-13/h4-8,14H,1-3H3. The second-order valence-corrected chi connectivity index (χ2v) is 5.49. The van der Waals surface area contributed by atoms with Gasteiger partial charge in [0.2, 0.25) is 0 Å². The summed E-state index contributed by atoms with van der Waals surface area (Å²) >= 11 is 8.15.